The average Bonchev–Trinajstić information content (AvgIpc) is 2.36. The maximum absolute atomic E-state index is 10.2. The van der Waals surface area contributed by atoms with Gasteiger partial charge in [0, 0.05) is 12.3 Å². The molecule has 0 aromatic carbocycles. The lowest BCUT2D eigenvalue weighted by molar-refractivity contribution is -0.118. The number of aldehydes is 2. The van der Waals surface area contributed by atoms with E-state index in [0.717, 1.165) is 12.3 Å². The highest BCUT2D eigenvalue weighted by Crippen LogP contribution is 2.22. The van der Waals surface area contributed by atoms with Crippen molar-refractivity contribution in [3.8, 4) is 0 Å². The van der Waals surface area contributed by atoms with E-state index in [0.29, 0.717) is 12.6 Å². The molecule has 0 radical (unpaired) electrons. The molecule has 1 aliphatic rings. The summed E-state index contributed by atoms with van der Waals surface area (Å²) in [5.74, 6) is 0.831. The smallest absolute Gasteiger partial charge is 0.177 e. The third-order valence-electron chi connectivity index (χ3n) is 1.19. The lowest BCUT2D eigenvalue weighted by Gasteiger charge is -2.10. The van der Waals surface area contributed by atoms with Crippen molar-refractivity contribution in [2.75, 3.05) is 12.3 Å². The Morgan fingerprint density at radius 3 is 2.33 bits per heavy atom. The molecule has 3 nitrogen and oxygen atoms in total. The molecule has 0 amide bonds. The summed E-state index contributed by atoms with van der Waals surface area (Å²) in [4.78, 5) is 19.6. The van der Waals surface area contributed by atoms with Crippen molar-refractivity contribution < 1.29 is 9.59 Å². The number of hydrogen-bond acceptors (Lipinski definition) is 4. The summed E-state index contributed by atoms with van der Waals surface area (Å²) >= 11 is 1.34. The number of carbonyl (C=O) groups is 2. The van der Waals surface area contributed by atoms with Crippen LogP contribution in [0.15, 0.2) is 0 Å². The van der Waals surface area contributed by atoms with Crippen molar-refractivity contribution in [2.24, 2.45) is 0 Å². The van der Waals surface area contributed by atoms with E-state index in [9.17, 15) is 9.59 Å². The highest BCUT2D eigenvalue weighted by atomic mass is 32.2. The molecule has 0 unspecified atom stereocenters. The minimum absolute atomic E-state index is 0.650. The molecule has 0 bridgehead atoms. The first kappa shape index (κ1) is 6.77. The topological polar surface area (TPSA) is 46.2 Å². The quantitative estimate of drug-likeness (QED) is 0.417. The highest BCUT2D eigenvalue weighted by molar-refractivity contribution is 8.02. The molecule has 9 heavy (non-hydrogen) atoms. The van der Waals surface area contributed by atoms with Gasteiger partial charge in [0.15, 0.2) is 17.4 Å². The predicted octanol–water partition coefficient (Wildman–Crippen LogP) is -0.583. The predicted molar refractivity (Wildman–Crippen MR) is 35.3 cm³/mol. The normalized spacial score (nSPS) is 23.6. The van der Waals surface area contributed by atoms with Crippen LogP contribution in [0.4, 0.5) is 0 Å². The van der Waals surface area contributed by atoms with E-state index in [1.165, 1.54) is 11.8 Å². The zero-order valence-electron chi connectivity index (χ0n) is 4.79. The van der Waals surface area contributed by atoms with Gasteiger partial charge < -0.3 is 0 Å². The van der Waals surface area contributed by atoms with Gasteiger partial charge in [0.1, 0.15) is 0 Å². The maximum Gasteiger partial charge on any atom is 0.177 e. The molecule has 50 valence electrons. The lowest BCUT2D eigenvalue weighted by Crippen LogP contribution is -2.40. The fourth-order valence-electron chi connectivity index (χ4n) is 0.696. The van der Waals surface area contributed by atoms with Gasteiger partial charge in [-0.25, -0.2) is 0 Å². The van der Waals surface area contributed by atoms with Gasteiger partial charge in [-0.15, -0.1) is 11.8 Å². The third-order valence-corrected chi connectivity index (χ3v) is 2.42. The Hall–Kier alpha value is -0.350. The fourth-order valence-corrected chi connectivity index (χ4v) is 1.58. The Bertz CT molecular complexity index is 121. The van der Waals surface area contributed by atoms with Crippen LogP contribution in [0.25, 0.3) is 0 Å². The lowest BCUT2D eigenvalue weighted by atomic mass is 10.3. The Balaban J connectivity index is 2.66. The molecule has 0 aromatic heterocycles. The summed E-state index contributed by atoms with van der Waals surface area (Å²) in [6.45, 7) is 0.738. The molecule has 1 rings (SSSR count). The van der Waals surface area contributed by atoms with Gasteiger partial charge in [0.05, 0.1) is 0 Å². The Morgan fingerprint density at radius 1 is 1.44 bits per heavy atom. The van der Waals surface area contributed by atoms with E-state index in [4.69, 9.17) is 0 Å². The third kappa shape index (κ3) is 1.14. The molecule has 1 fully saturated rings. The largest absolute Gasteiger partial charge is 0.300 e. The SMILES string of the molecule is O=CC1(C=O)NCCS1. The van der Waals surface area contributed by atoms with Crippen LogP contribution in [0.5, 0.6) is 0 Å². The van der Waals surface area contributed by atoms with Crippen molar-refractivity contribution in [3.05, 3.63) is 0 Å². The van der Waals surface area contributed by atoms with E-state index < -0.39 is 4.87 Å². The Morgan fingerprint density at radius 2 is 2.11 bits per heavy atom. The van der Waals surface area contributed by atoms with Gasteiger partial charge >= 0.3 is 0 Å². The number of rotatable bonds is 2. The minimum Gasteiger partial charge on any atom is -0.300 e. The highest BCUT2D eigenvalue weighted by Gasteiger charge is 2.33. The van der Waals surface area contributed by atoms with E-state index >= 15 is 0 Å². The standard InChI is InChI=1S/C5H7NO2S/c7-3-5(4-8)6-1-2-9-5/h3-4,6H,1-2H2. The Kier molecular flexibility index (Phi) is 1.87. The summed E-state index contributed by atoms with van der Waals surface area (Å²) in [6, 6.07) is 0. The van der Waals surface area contributed by atoms with Crippen LogP contribution in [0, 0.1) is 0 Å². The number of nitrogens with one attached hydrogen (secondary N) is 1. The molecular weight excluding hydrogens is 138 g/mol. The number of thioether (sulfide) groups is 1. The summed E-state index contributed by atoms with van der Waals surface area (Å²) in [5, 5.41) is 2.80. The Labute approximate surface area is 57.2 Å². The monoisotopic (exact) mass is 145 g/mol. The van der Waals surface area contributed by atoms with E-state index in [1.54, 1.807) is 0 Å². The minimum atomic E-state index is -0.917. The fraction of sp³-hybridized carbons (Fsp3) is 0.600. The molecule has 1 N–H and O–H groups in total. The van der Waals surface area contributed by atoms with E-state index in [1.807, 2.05) is 0 Å². The molecule has 0 aromatic rings. The second kappa shape index (κ2) is 2.49. The second-order valence-electron chi connectivity index (χ2n) is 1.80. The van der Waals surface area contributed by atoms with Crippen LogP contribution < -0.4 is 5.32 Å². The molecule has 0 aliphatic carbocycles. The summed E-state index contributed by atoms with van der Waals surface area (Å²) in [5.41, 5.74) is 0. The number of hydrogen-bond donors (Lipinski definition) is 1. The van der Waals surface area contributed by atoms with E-state index in [2.05, 4.69) is 5.32 Å². The van der Waals surface area contributed by atoms with E-state index in [-0.39, 0.29) is 0 Å². The first-order valence-electron chi connectivity index (χ1n) is 2.65. The molecule has 4 heteroatoms. The molecule has 0 saturated carbocycles. The summed E-state index contributed by atoms with van der Waals surface area (Å²) in [7, 11) is 0. The van der Waals surface area contributed by atoms with Crippen LogP contribution in [0.3, 0.4) is 0 Å². The maximum atomic E-state index is 10.2. The van der Waals surface area contributed by atoms with Crippen molar-refractivity contribution >= 4 is 24.3 Å². The summed E-state index contributed by atoms with van der Waals surface area (Å²) in [6.07, 6.45) is 1.30. The van der Waals surface area contributed by atoms with Crippen LogP contribution in [0.2, 0.25) is 0 Å². The van der Waals surface area contributed by atoms with Crippen LogP contribution >= 0.6 is 11.8 Å². The number of carbonyl (C=O) groups excluding carboxylic acids is 2. The van der Waals surface area contributed by atoms with Gasteiger partial charge in [-0.05, 0) is 0 Å². The van der Waals surface area contributed by atoms with Gasteiger partial charge in [0.25, 0.3) is 0 Å². The van der Waals surface area contributed by atoms with Crippen LogP contribution in [-0.4, -0.2) is 29.7 Å². The van der Waals surface area contributed by atoms with Gasteiger partial charge in [-0.3, -0.25) is 14.9 Å². The van der Waals surface area contributed by atoms with Gasteiger partial charge in [0.2, 0.25) is 0 Å². The second-order valence-corrected chi connectivity index (χ2v) is 3.18. The molecule has 1 aliphatic heterocycles. The molecule has 0 spiro atoms. The van der Waals surface area contributed by atoms with Crippen molar-refractivity contribution in [3.63, 3.8) is 0 Å². The molecule has 1 heterocycles. The molecular formula is C5H7NO2S. The van der Waals surface area contributed by atoms with Crippen molar-refractivity contribution in [2.45, 2.75) is 4.87 Å². The average molecular weight is 145 g/mol. The first-order valence-corrected chi connectivity index (χ1v) is 3.63. The zero-order chi connectivity index (χ0) is 6.74. The van der Waals surface area contributed by atoms with Gasteiger partial charge in [-0.2, -0.15) is 0 Å². The molecule has 0 atom stereocenters. The van der Waals surface area contributed by atoms with Gasteiger partial charge in [-0.1, -0.05) is 0 Å². The molecule has 1 saturated heterocycles. The first-order chi connectivity index (χ1) is 4.33. The van der Waals surface area contributed by atoms with Crippen LogP contribution in [-0.2, 0) is 9.59 Å². The zero-order valence-corrected chi connectivity index (χ0v) is 5.61. The summed E-state index contributed by atoms with van der Waals surface area (Å²) < 4.78 is 0. The van der Waals surface area contributed by atoms with Crippen LogP contribution in [0.1, 0.15) is 0 Å². The van der Waals surface area contributed by atoms with Crippen molar-refractivity contribution in [1.29, 1.82) is 0 Å². The van der Waals surface area contributed by atoms with Crippen molar-refractivity contribution in [1.82, 2.24) is 5.32 Å².